The number of nitrogens with zero attached hydrogens (tertiary/aromatic N) is 1. The molecule has 0 saturated heterocycles. The Morgan fingerprint density at radius 3 is 2.86 bits per heavy atom. The third-order valence-electron chi connectivity index (χ3n) is 3.03. The molecule has 1 amide bonds. The minimum Gasteiger partial charge on any atom is -0.489 e. The van der Waals surface area contributed by atoms with Crippen LogP contribution in [0.1, 0.15) is 27.0 Å². The van der Waals surface area contributed by atoms with Crippen molar-refractivity contribution in [1.82, 2.24) is 5.43 Å². The molecule has 0 heterocycles. The molecule has 0 spiro atoms. The number of hydrogen-bond acceptors (Lipinski definition) is 4. The first-order valence-electron chi connectivity index (χ1n) is 6.37. The maximum absolute atomic E-state index is 11.5. The third-order valence-corrected chi connectivity index (χ3v) is 3.03. The maximum atomic E-state index is 11.5. The molecule has 21 heavy (non-hydrogen) atoms. The molecule has 0 aromatic heterocycles. The number of nitriles is 1. The zero-order valence-electron chi connectivity index (χ0n) is 11.6. The molecular weight excluding hydrogens is 266 g/mol. The molecule has 2 aromatic rings. The van der Waals surface area contributed by atoms with Gasteiger partial charge in [0.25, 0.3) is 5.91 Å². The summed E-state index contributed by atoms with van der Waals surface area (Å²) >= 11 is 0. The Balaban J connectivity index is 2.13. The molecule has 106 valence electrons. The van der Waals surface area contributed by atoms with E-state index in [1.54, 1.807) is 30.3 Å². The topological polar surface area (TPSA) is 88.1 Å². The van der Waals surface area contributed by atoms with Crippen LogP contribution in [-0.4, -0.2) is 5.91 Å². The van der Waals surface area contributed by atoms with Crippen LogP contribution in [0.3, 0.4) is 0 Å². The highest BCUT2D eigenvalue weighted by Crippen LogP contribution is 2.20. The molecule has 0 saturated carbocycles. The predicted molar refractivity (Wildman–Crippen MR) is 78.3 cm³/mol. The number of carbonyl (C=O) groups excluding carboxylic acids is 1. The highest BCUT2D eigenvalue weighted by molar-refractivity contribution is 5.93. The first kappa shape index (κ1) is 14.6. The van der Waals surface area contributed by atoms with Gasteiger partial charge in [-0.25, -0.2) is 5.84 Å². The second-order valence-electron chi connectivity index (χ2n) is 4.55. The van der Waals surface area contributed by atoms with Crippen LogP contribution in [0, 0.1) is 18.3 Å². The van der Waals surface area contributed by atoms with E-state index >= 15 is 0 Å². The molecular formula is C16H15N3O2. The van der Waals surface area contributed by atoms with Gasteiger partial charge in [-0.15, -0.1) is 0 Å². The summed E-state index contributed by atoms with van der Waals surface area (Å²) in [5, 5.41) is 8.90. The van der Waals surface area contributed by atoms with Gasteiger partial charge in [-0.3, -0.25) is 10.2 Å². The number of ether oxygens (including phenoxy) is 1. The molecule has 5 heteroatoms. The van der Waals surface area contributed by atoms with Gasteiger partial charge in [0.2, 0.25) is 0 Å². The van der Waals surface area contributed by atoms with E-state index < -0.39 is 0 Å². The average molecular weight is 281 g/mol. The van der Waals surface area contributed by atoms with Crippen molar-refractivity contribution in [2.75, 3.05) is 0 Å². The second kappa shape index (κ2) is 6.55. The number of aryl methyl sites for hydroxylation is 1. The molecule has 0 aliphatic heterocycles. The van der Waals surface area contributed by atoms with E-state index in [4.69, 9.17) is 15.8 Å². The van der Waals surface area contributed by atoms with E-state index in [0.29, 0.717) is 23.5 Å². The van der Waals surface area contributed by atoms with E-state index in [2.05, 4.69) is 11.5 Å². The highest BCUT2D eigenvalue weighted by Gasteiger charge is 2.06. The van der Waals surface area contributed by atoms with Crippen LogP contribution in [0.5, 0.6) is 5.75 Å². The quantitative estimate of drug-likeness (QED) is 0.510. The lowest BCUT2D eigenvalue weighted by Gasteiger charge is -2.10. The molecule has 0 aliphatic rings. The zero-order valence-corrected chi connectivity index (χ0v) is 11.6. The Kier molecular flexibility index (Phi) is 4.54. The summed E-state index contributed by atoms with van der Waals surface area (Å²) in [4.78, 5) is 11.5. The smallest absolute Gasteiger partial charge is 0.265 e. The number of carbonyl (C=O) groups is 1. The van der Waals surface area contributed by atoms with Crippen molar-refractivity contribution in [3.05, 3.63) is 64.7 Å². The van der Waals surface area contributed by atoms with Gasteiger partial charge in [0, 0.05) is 5.56 Å². The lowest BCUT2D eigenvalue weighted by Crippen LogP contribution is -2.30. The minimum atomic E-state index is -0.348. The number of nitrogen functional groups attached to an aromatic ring is 1. The van der Waals surface area contributed by atoms with Gasteiger partial charge in [-0.2, -0.15) is 5.26 Å². The van der Waals surface area contributed by atoms with Crippen LogP contribution in [0.4, 0.5) is 0 Å². The Hall–Kier alpha value is -2.84. The average Bonchev–Trinajstić information content (AvgIpc) is 2.53. The molecule has 0 fully saturated rings. The van der Waals surface area contributed by atoms with E-state index in [-0.39, 0.29) is 5.91 Å². The summed E-state index contributed by atoms with van der Waals surface area (Å²) < 4.78 is 5.72. The fourth-order valence-electron chi connectivity index (χ4n) is 1.87. The minimum absolute atomic E-state index is 0.307. The van der Waals surface area contributed by atoms with Gasteiger partial charge < -0.3 is 4.74 Å². The van der Waals surface area contributed by atoms with Crippen LogP contribution in [0.25, 0.3) is 0 Å². The van der Waals surface area contributed by atoms with E-state index in [0.717, 1.165) is 11.1 Å². The van der Waals surface area contributed by atoms with Gasteiger partial charge in [0.15, 0.2) is 0 Å². The number of nitrogens with one attached hydrogen (secondary N) is 1. The monoisotopic (exact) mass is 281 g/mol. The number of hydrogen-bond donors (Lipinski definition) is 2. The first-order valence-corrected chi connectivity index (χ1v) is 6.37. The molecule has 0 aliphatic carbocycles. The highest BCUT2D eigenvalue weighted by atomic mass is 16.5. The molecule has 0 bridgehead atoms. The molecule has 0 radical (unpaired) electrons. The summed E-state index contributed by atoms with van der Waals surface area (Å²) in [6, 6.07) is 14.4. The second-order valence-corrected chi connectivity index (χ2v) is 4.55. The SMILES string of the molecule is Cc1ccc(C#N)cc1OCc1cccc(C(=O)NN)c1. The van der Waals surface area contributed by atoms with Crippen LogP contribution >= 0.6 is 0 Å². The summed E-state index contributed by atoms with van der Waals surface area (Å²) in [6.45, 7) is 2.22. The van der Waals surface area contributed by atoms with Crippen LogP contribution in [0.2, 0.25) is 0 Å². The molecule has 0 unspecified atom stereocenters. The zero-order chi connectivity index (χ0) is 15.2. The maximum Gasteiger partial charge on any atom is 0.265 e. The number of hydrazine groups is 1. The fourth-order valence-corrected chi connectivity index (χ4v) is 1.87. The number of amides is 1. The van der Waals surface area contributed by atoms with Crippen LogP contribution in [0.15, 0.2) is 42.5 Å². The summed E-state index contributed by atoms with van der Waals surface area (Å²) in [7, 11) is 0. The van der Waals surface area contributed by atoms with Crippen molar-refractivity contribution in [3.63, 3.8) is 0 Å². The Morgan fingerprint density at radius 1 is 1.33 bits per heavy atom. The van der Waals surface area contributed by atoms with Crippen molar-refractivity contribution < 1.29 is 9.53 Å². The molecule has 2 rings (SSSR count). The molecule has 2 aromatic carbocycles. The lowest BCUT2D eigenvalue weighted by atomic mass is 10.1. The lowest BCUT2D eigenvalue weighted by molar-refractivity contribution is 0.0953. The van der Waals surface area contributed by atoms with Crippen molar-refractivity contribution in [1.29, 1.82) is 5.26 Å². The summed E-state index contributed by atoms with van der Waals surface area (Å²) in [5.41, 5.74) is 4.91. The van der Waals surface area contributed by atoms with Gasteiger partial charge in [-0.05, 0) is 42.3 Å². The fraction of sp³-hybridized carbons (Fsp3) is 0.125. The van der Waals surface area contributed by atoms with Gasteiger partial charge in [0.05, 0.1) is 11.6 Å². The standard InChI is InChI=1S/C16H15N3O2/c1-11-5-6-12(9-17)8-15(11)21-10-13-3-2-4-14(7-13)16(20)19-18/h2-8H,10,18H2,1H3,(H,19,20). The number of benzene rings is 2. The predicted octanol–water partition coefficient (Wildman–Crippen LogP) is 2.05. The molecule has 3 N–H and O–H groups in total. The molecule has 0 atom stereocenters. The van der Waals surface area contributed by atoms with Gasteiger partial charge >= 0.3 is 0 Å². The van der Waals surface area contributed by atoms with Crippen molar-refractivity contribution in [3.8, 4) is 11.8 Å². The Labute approximate surface area is 122 Å². The largest absolute Gasteiger partial charge is 0.489 e. The van der Waals surface area contributed by atoms with E-state index in [9.17, 15) is 4.79 Å². The van der Waals surface area contributed by atoms with Gasteiger partial charge in [-0.1, -0.05) is 18.2 Å². The first-order chi connectivity index (χ1) is 10.1. The van der Waals surface area contributed by atoms with E-state index in [1.807, 2.05) is 19.1 Å². The van der Waals surface area contributed by atoms with Crippen molar-refractivity contribution in [2.24, 2.45) is 5.84 Å². The normalized spacial score (nSPS) is 9.76. The summed E-state index contributed by atoms with van der Waals surface area (Å²) in [5.74, 6) is 5.42. The van der Waals surface area contributed by atoms with Crippen LogP contribution in [-0.2, 0) is 6.61 Å². The number of nitrogens with two attached hydrogens (primary N) is 1. The summed E-state index contributed by atoms with van der Waals surface area (Å²) in [6.07, 6.45) is 0. The van der Waals surface area contributed by atoms with Crippen LogP contribution < -0.4 is 16.0 Å². The number of rotatable bonds is 4. The Morgan fingerprint density at radius 2 is 2.14 bits per heavy atom. The Bertz CT molecular complexity index is 705. The van der Waals surface area contributed by atoms with E-state index in [1.165, 1.54) is 0 Å². The van der Waals surface area contributed by atoms with Crippen molar-refractivity contribution >= 4 is 5.91 Å². The molecule has 5 nitrogen and oxygen atoms in total. The van der Waals surface area contributed by atoms with Gasteiger partial charge in [0.1, 0.15) is 12.4 Å². The third kappa shape index (κ3) is 3.59. The van der Waals surface area contributed by atoms with Crippen molar-refractivity contribution in [2.45, 2.75) is 13.5 Å².